The fourth-order valence-electron chi connectivity index (χ4n) is 2.62. The Bertz CT molecular complexity index is 597. The third kappa shape index (κ3) is 1.27. The number of fused-ring (bicyclic) bond motifs is 3. The van der Waals surface area contributed by atoms with Crippen LogP contribution < -0.4 is 0 Å². The van der Waals surface area contributed by atoms with Gasteiger partial charge < -0.3 is 4.40 Å². The fourth-order valence-corrected chi connectivity index (χ4v) is 2.96. The van der Waals surface area contributed by atoms with Crippen molar-refractivity contribution in [3.8, 4) is 0 Å². The van der Waals surface area contributed by atoms with Crippen LogP contribution in [0.25, 0.3) is 5.52 Å². The number of aromatic nitrogens is 1. The van der Waals surface area contributed by atoms with Gasteiger partial charge >= 0.3 is 0 Å². The summed E-state index contributed by atoms with van der Waals surface area (Å²) < 4.78 is 3.22. The van der Waals surface area contributed by atoms with E-state index in [0.29, 0.717) is 12.2 Å². The van der Waals surface area contributed by atoms with Crippen LogP contribution in [-0.2, 0) is 6.42 Å². The minimum absolute atomic E-state index is 0.304. The zero-order valence-corrected chi connectivity index (χ0v) is 10.7. The van der Waals surface area contributed by atoms with Gasteiger partial charge in [0.2, 0.25) is 0 Å². The first-order valence-electron chi connectivity index (χ1n) is 5.50. The molecule has 82 valence electrons. The third-order valence-electron chi connectivity index (χ3n) is 3.35. The molecule has 3 rings (SSSR count). The van der Waals surface area contributed by atoms with Crippen LogP contribution in [0.4, 0.5) is 0 Å². The van der Waals surface area contributed by atoms with Crippen LogP contribution >= 0.6 is 15.9 Å². The van der Waals surface area contributed by atoms with Crippen LogP contribution in [0.1, 0.15) is 34.5 Å². The Hall–Kier alpha value is -1.09. The fraction of sp³-hybridized carbons (Fsp3) is 0.308. The van der Waals surface area contributed by atoms with E-state index in [9.17, 15) is 4.79 Å². The van der Waals surface area contributed by atoms with Crippen LogP contribution in [0.5, 0.6) is 0 Å². The summed E-state index contributed by atoms with van der Waals surface area (Å²) in [7, 11) is 0. The predicted octanol–water partition coefficient (Wildman–Crippen LogP) is 3.53. The minimum atomic E-state index is 0.304. The van der Waals surface area contributed by atoms with Gasteiger partial charge in [-0.15, -0.1) is 0 Å². The molecule has 2 heterocycles. The van der Waals surface area contributed by atoms with E-state index in [4.69, 9.17) is 0 Å². The Kier molecular flexibility index (Phi) is 2.18. The molecule has 16 heavy (non-hydrogen) atoms. The number of halogens is 1. The molecule has 0 unspecified atom stereocenters. The van der Waals surface area contributed by atoms with E-state index in [1.54, 1.807) is 0 Å². The molecule has 0 amide bonds. The third-order valence-corrected chi connectivity index (χ3v) is 3.85. The van der Waals surface area contributed by atoms with Gasteiger partial charge in [-0.05, 0) is 37.5 Å². The Balaban J connectivity index is 2.43. The molecule has 0 saturated carbocycles. The van der Waals surface area contributed by atoms with Gasteiger partial charge in [-0.1, -0.05) is 15.9 Å². The van der Waals surface area contributed by atoms with E-state index in [0.717, 1.165) is 34.0 Å². The van der Waals surface area contributed by atoms with Gasteiger partial charge in [-0.25, -0.2) is 0 Å². The quantitative estimate of drug-likeness (QED) is 0.722. The molecular formula is C13H12BrNO. The molecular weight excluding hydrogens is 266 g/mol. The lowest BCUT2D eigenvalue weighted by Crippen LogP contribution is -2.11. The molecule has 0 N–H and O–H groups in total. The molecule has 1 aliphatic rings. The molecule has 0 radical (unpaired) electrons. The van der Waals surface area contributed by atoms with Crippen LogP contribution in [0, 0.1) is 6.92 Å². The average molecular weight is 278 g/mol. The number of carbonyl (C=O) groups excluding carboxylic acids is 1. The molecule has 0 aromatic carbocycles. The monoisotopic (exact) mass is 277 g/mol. The Morgan fingerprint density at radius 3 is 3.00 bits per heavy atom. The molecule has 0 fully saturated rings. The molecule has 0 bridgehead atoms. The van der Waals surface area contributed by atoms with Crippen LogP contribution in [0.2, 0.25) is 0 Å². The Morgan fingerprint density at radius 2 is 2.19 bits per heavy atom. The van der Waals surface area contributed by atoms with Gasteiger partial charge in [-0.3, -0.25) is 4.79 Å². The van der Waals surface area contributed by atoms with E-state index < -0.39 is 0 Å². The maximum atomic E-state index is 11.9. The minimum Gasteiger partial charge on any atom is -0.320 e. The SMILES string of the molecule is Cc1c2c(n3ccc(Br)cc13)CCCC2=O. The van der Waals surface area contributed by atoms with Crippen LogP contribution in [-0.4, -0.2) is 10.2 Å². The van der Waals surface area contributed by atoms with Gasteiger partial charge in [-0.2, -0.15) is 0 Å². The zero-order valence-electron chi connectivity index (χ0n) is 9.09. The molecule has 3 heteroatoms. The number of Topliss-reactive ketones (excluding diaryl/α,β-unsaturated/α-hetero) is 1. The van der Waals surface area contributed by atoms with Gasteiger partial charge in [0.15, 0.2) is 5.78 Å². The van der Waals surface area contributed by atoms with E-state index in [1.165, 1.54) is 5.69 Å². The number of nitrogens with zero attached hydrogens (tertiary/aromatic N) is 1. The van der Waals surface area contributed by atoms with Crippen molar-refractivity contribution < 1.29 is 4.79 Å². The van der Waals surface area contributed by atoms with Crippen molar-refractivity contribution in [3.63, 3.8) is 0 Å². The van der Waals surface area contributed by atoms with Crippen molar-refractivity contribution in [2.45, 2.75) is 26.2 Å². The maximum Gasteiger partial charge on any atom is 0.164 e. The molecule has 0 saturated heterocycles. The van der Waals surface area contributed by atoms with E-state index in [2.05, 4.69) is 26.4 Å². The second kappa shape index (κ2) is 3.45. The summed E-state index contributed by atoms with van der Waals surface area (Å²) in [5, 5.41) is 0. The molecule has 2 aromatic rings. The normalized spacial score (nSPS) is 15.5. The number of aryl methyl sites for hydroxylation is 2. The van der Waals surface area contributed by atoms with Crippen LogP contribution in [0.15, 0.2) is 22.8 Å². The summed E-state index contributed by atoms with van der Waals surface area (Å²) in [4.78, 5) is 11.9. The lowest BCUT2D eigenvalue weighted by atomic mass is 9.94. The van der Waals surface area contributed by atoms with Crippen molar-refractivity contribution in [1.29, 1.82) is 0 Å². The second-order valence-corrected chi connectivity index (χ2v) is 5.24. The van der Waals surface area contributed by atoms with Gasteiger partial charge in [0, 0.05) is 28.3 Å². The summed E-state index contributed by atoms with van der Waals surface area (Å²) in [5.41, 5.74) is 4.43. The average Bonchev–Trinajstić information content (AvgIpc) is 2.54. The van der Waals surface area contributed by atoms with E-state index in [-0.39, 0.29) is 0 Å². The Morgan fingerprint density at radius 1 is 1.38 bits per heavy atom. The molecule has 0 atom stereocenters. The van der Waals surface area contributed by atoms with E-state index >= 15 is 0 Å². The highest BCUT2D eigenvalue weighted by Crippen LogP contribution is 2.30. The van der Waals surface area contributed by atoms with Crippen molar-refractivity contribution in [3.05, 3.63) is 39.6 Å². The lowest BCUT2D eigenvalue weighted by molar-refractivity contribution is 0.0971. The number of hydrogen-bond donors (Lipinski definition) is 0. The highest BCUT2D eigenvalue weighted by Gasteiger charge is 2.24. The maximum absolute atomic E-state index is 11.9. The van der Waals surface area contributed by atoms with Gasteiger partial charge in [0.05, 0.1) is 5.52 Å². The van der Waals surface area contributed by atoms with Crippen molar-refractivity contribution in [2.24, 2.45) is 0 Å². The van der Waals surface area contributed by atoms with Crippen molar-refractivity contribution in [2.75, 3.05) is 0 Å². The highest BCUT2D eigenvalue weighted by molar-refractivity contribution is 9.10. The van der Waals surface area contributed by atoms with E-state index in [1.807, 2.05) is 19.2 Å². The standard InChI is InChI=1S/C13H12BrNO/c1-8-11-7-9(14)5-6-15(11)10-3-2-4-12(16)13(8)10/h5-7H,2-4H2,1H3. The van der Waals surface area contributed by atoms with Crippen molar-refractivity contribution >= 4 is 27.2 Å². The molecule has 0 spiro atoms. The summed E-state index contributed by atoms with van der Waals surface area (Å²) in [6.07, 6.45) is 4.74. The van der Waals surface area contributed by atoms with Crippen molar-refractivity contribution in [1.82, 2.24) is 4.40 Å². The second-order valence-electron chi connectivity index (χ2n) is 4.32. The Labute approximate surface area is 102 Å². The number of pyridine rings is 1. The molecule has 0 aliphatic heterocycles. The summed E-state index contributed by atoms with van der Waals surface area (Å²) in [5.74, 6) is 0.304. The first kappa shape index (κ1) is 10.1. The number of rotatable bonds is 0. The summed E-state index contributed by atoms with van der Waals surface area (Å²) in [6, 6.07) is 4.10. The lowest BCUT2D eigenvalue weighted by Gasteiger charge is -2.11. The number of carbonyl (C=O) groups is 1. The molecule has 2 nitrogen and oxygen atoms in total. The first-order valence-corrected chi connectivity index (χ1v) is 6.30. The molecule has 2 aromatic heterocycles. The summed E-state index contributed by atoms with van der Waals surface area (Å²) >= 11 is 3.48. The van der Waals surface area contributed by atoms with Gasteiger partial charge in [0.1, 0.15) is 0 Å². The smallest absolute Gasteiger partial charge is 0.164 e. The summed E-state index contributed by atoms with van der Waals surface area (Å²) in [6.45, 7) is 2.05. The number of hydrogen-bond acceptors (Lipinski definition) is 1. The van der Waals surface area contributed by atoms with Crippen LogP contribution in [0.3, 0.4) is 0 Å². The topological polar surface area (TPSA) is 21.5 Å². The predicted molar refractivity (Wildman–Crippen MR) is 67.1 cm³/mol. The molecule has 1 aliphatic carbocycles. The highest BCUT2D eigenvalue weighted by atomic mass is 79.9. The zero-order chi connectivity index (χ0) is 11.3. The van der Waals surface area contributed by atoms with Gasteiger partial charge in [0.25, 0.3) is 0 Å². The number of ketones is 1. The first-order chi connectivity index (χ1) is 7.68. The largest absolute Gasteiger partial charge is 0.320 e.